The number of fused-ring (bicyclic) bond motifs is 1. The molecule has 4 rings (SSSR count). The van der Waals surface area contributed by atoms with Gasteiger partial charge in [-0.2, -0.15) is 0 Å². The quantitative estimate of drug-likeness (QED) is 0.611. The summed E-state index contributed by atoms with van der Waals surface area (Å²) in [7, 11) is 1.62. The van der Waals surface area contributed by atoms with Crippen molar-refractivity contribution in [3.8, 4) is 17.1 Å². The average Bonchev–Trinajstić information content (AvgIpc) is 3.00. The highest BCUT2D eigenvalue weighted by Crippen LogP contribution is 2.34. The zero-order chi connectivity index (χ0) is 18.1. The van der Waals surface area contributed by atoms with Gasteiger partial charge < -0.3 is 9.30 Å². The number of halogens is 2. The molecule has 1 fully saturated rings. The highest BCUT2D eigenvalue weighted by molar-refractivity contribution is 5.82. The van der Waals surface area contributed by atoms with Gasteiger partial charge in [0, 0.05) is 18.7 Å². The van der Waals surface area contributed by atoms with Gasteiger partial charge in [-0.05, 0) is 30.9 Å². The van der Waals surface area contributed by atoms with E-state index in [0.29, 0.717) is 28.5 Å². The number of methoxy groups -OCH3 is 1. The minimum Gasteiger partial charge on any atom is -0.496 e. The molecule has 26 heavy (non-hydrogen) atoms. The van der Waals surface area contributed by atoms with Crippen LogP contribution in [0.1, 0.15) is 32.1 Å². The second-order valence-electron chi connectivity index (χ2n) is 7.01. The lowest BCUT2D eigenvalue weighted by Gasteiger charge is -2.23. The van der Waals surface area contributed by atoms with E-state index in [1.54, 1.807) is 7.11 Å². The summed E-state index contributed by atoms with van der Waals surface area (Å²) in [6.07, 6.45) is 6.05. The molecule has 5 heteroatoms. The number of imidazole rings is 1. The number of hydrogen-bond acceptors (Lipinski definition) is 2. The van der Waals surface area contributed by atoms with Crippen molar-refractivity contribution in [3.05, 3.63) is 48.0 Å². The second-order valence-corrected chi connectivity index (χ2v) is 7.01. The first-order valence-corrected chi connectivity index (χ1v) is 9.16. The van der Waals surface area contributed by atoms with Gasteiger partial charge in [0.2, 0.25) is 0 Å². The molecule has 136 valence electrons. The van der Waals surface area contributed by atoms with Crippen LogP contribution in [0.25, 0.3) is 22.4 Å². The van der Waals surface area contributed by atoms with E-state index < -0.39 is 11.6 Å². The van der Waals surface area contributed by atoms with Crippen molar-refractivity contribution in [1.82, 2.24) is 9.55 Å². The third-order valence-corrected chi connectivity index (χ3v) is 5.30. The fourth-order valence-electron chi connectivity index (χ4n) is 3.97. The predicted octanol–water partition coefficient (Wildman–Crippen LogP) is 5.57. The third kappa shape index (κ3) is 3.06. The SMILES string of the molecule is COc1ccccc1-c1nc2cc(F)c(F)cc2n1CC1CCCCC1. The number of hydrogen-bond donors (Lipinski definition) is 0. The number of nitrogens with zero attached hydrogens (tertiary/aromatic N) is 2. The first-order chi connectivity index (χ1) is 12.7. The second kappa shape index (κ2) is 7.06. The Morgan fingerprint density at radius 2 is 1.81 bits per heavy atom. The van der Waals surface area contributed by atoms with Crippen LogP contribution in [0.4, 0.5) is 8.78 Å². The van der Waals surface area contributed by atoms with Crippen LogP contribution in [0.5, 0.6) is 5.75 Å². The molecule has 2 aromatic carbocycles. The smallest absolute Gasteiger partial charge is 0.161 e. The standard InChI is InChI=1S/C21H22F2N2O/c1-26-20-10-6-5-9-15(20)21-24-18-11-16(22)17(23)12-19(18)25(21)13-14-7-3-2-4-8-14/h5-6,9-12,14H,2-4,7-8,13H2,1H3. The molecule has 0 radical (unpaired) electrons. The highest BCUT2D eigenvalue weighted by Gasteiger charge is 2.22. The summed E-state index contributed by atoms with van der Waals surface area (Å²) in [4.78, 5) is 4.64. The fourth-order valence-corrected chi connectivity index (χ4v) is 3.97. The molecule has 3 aromatic rings. The number of benzene rings is 2. The predicted molar refractivity (Wildman–Crippen MR) is 98.2 cm³/mol. The Labute approximate surface area is 151 Å². The van der Waals surface area contributed by atoms with Gasteiger partial charge in [-0.1, -0.05) is 31.4 Å². The summed E-state index contributed by atoms with van der Waals surface area (Å²) in [5.41, 5.74) is 1.94. The van der Waals surface area contributed by atoms with Gasteiger partial charge in [0.05, 0.1) is 23.7 Å². The van der Waals surface area contributed by atoms with E-state index in [0.717, 1.165) is 24.9 Å². The first kappa shape index (κ1) is 17.0. The van der Waals surface area contributed by atoms with Gasteiger partial charge in [0.25, 0.3) is 0 Å². The first-order valence-electron chi connectivity index (χ1n) is 9.16. The molecule has 1 saturated carbocycles. The largest absolute Gasteiger partial charge is 0.496 e. The summed E-state index contributed by atoms with van der Waals surface area (Å²) in [5, 5.41) is 0. The van der Waals surface area contributed by atoms with Crippen molar-refractivity contribution >= 4 is 11.0 Å². The van der Waals surface area contributed by atoms with Crippen LogP contribution in [-0.2, 0) is 6.54 Å². The maximum absolute atomic E-state index is 13.9. The minimum absolute atomic E-state index is 0.473. The molecule has 1 aromatic heterocycles. The number of aromatic nitrogens is 2. The van der Waals surface area contributed by atoms with E-state index >= 15 is 0 Å². The van der Waals surface area contributed by atoms with Crippen LogP contribution in [0.3, 0.4) is 0 Å². The zero-order valence-corrected chi connectivity index (χ0v) is 14.8. The van der Waals surface area contributed by atoms with E-state index in [1.165, 1.54) is 31.4 Å². The van der Waals surface area contributed by atoms with Crippen LogP contribution < -0.4 is 4.74 Å². The van der Waals surface area contributed by atoms with E-state index in [2.05, 4.69) is 4.98 Å². The van der Waals surface area contributed by atoms with E-state index in [9.17, 15) is 8.78 Å². The van der Waals surface area contributed by atoms with Gasteiger partial charge in [-0.15, -0.1) is 0 Å². The van der Waals surface area contributed by atoms with Crippen LogP contribution in [0.15, 0.2) is 36.4 Å². The van der Waals surface area contributed by atoms with Gasteiger partial charge in [0.15, 0.2) is 11.6 Å². The minimum atomic E-state index is -0.869. The molecule has 0 N–H and O–H groups in total. The molecular formula is C21H22F2N2O. The number of ether oxygens (including phenoxy) is 1. The van der Waals surface area contributed by atoms with Crippen molar-refractivity contribution in [2.75, 3.05) is 7.11 Å². The molecule has 0 saturated heterocycles. The van der Waals surface area contributed by atoms with Crippen molar-refractivity contribution in [1.29, 1.82) is 0 Å². The molecular weight excluding hydrogens is 334 g/mol. The van der Waals surface area contributed by atoms with Crippen molar-refractivity contribution in [2.45, 2.75) is 38.6 Å². The molecule has 1 heterocycles. The topological polar surface area (TPSA) is 27.1 Å². The Hall–Kier alpha value is -2.43. The van der Waals surface area contributed by atoms with Gasteiger partial charge >= 0.3 is 0 Å². The molecule has 0 atom stereocenters. The Morgan fingerprint density at radius 1 is 1.08 bits per heavy atom. The van der Waals surface area contributed by atoms with Crippen molar-refractivity contribution in [3.63, 3.8) is 0 Å². The van der Waals surface area contributed by atoms with E-state index in [1.807, 2.05) is 28.8 Å². The summed E-state index contributed by atoms with van der Waals surface area (Å²) >= 11 is 0. The Kier molecular flexibility index (Phi) is 4.62. The van der Waals surface area contributed by atoms with Crippen LogP contribution >= 0.6 is 0 Å². The molecule has 1 aliphatic carbocycles. The summed E-state index contributed by atoms with van der Waals surface area (Å²) in [5.74, 6) is 0.227. The highest BCUT2D eigenvalue weighted by atomic mass is 19.2. The van der Waals surface area contributed by atoms with Crippen molar-refractivity contribution in [2.24, 2.45) is 5.92 Å². The molecule has 0 aliphatic heterocycles. The number of rotatable bonds is 4. The van der Waals surface area contributed by atoms with Gasteiger partial charge in [0.1, 0.15) is 11.6 Å². The third-order valence-electron chi connectivity index (χ3n) is 5.30. The van der Waals surface area contributed by atoms with Crippen molar-refractivity contribution < 1.29 is 13.5 Å². The van der Waals surface area contributed by atoms with E-state index in [-0.39, 0.29) is 0 Å². The molecule has 0 spiro atoms. The lowest BCUT2D eigenvalue weighted by atomic mass is 9.89. The maximum atomic E-state index is 13.9. The van der Waals surface area contributed by atoms with Gasteiger partial charge in [-0.25, -0.2) is 13.8 Å². The van der Waals surface area contributed by atoms with Gasteiger partial charge in [-0.3, -0.25) is 0 Å². The molecule has 0 bridgehead atoms. The number of para-hydroxylation sites is 1. The Balaban J connectivity index is 1.88. The van der Waals surface area contributed by atoms with Crippen LogP contribution in [-0.4, -0.2) is 16.7 Å². The fraction of sp³-hybridized carbons (Fsp3) is 0.381. The summed E-state index contributed by atoms with van der Waals surface area (Å²) in [6, 6.07) is 10.1. The lowest BCUT2D eigenvalue weighted by Crippen LogP contribution is -2.15. The normalized spacial score (nSPS) is 15.5. The monoisotopic (exact) mass is 356 g/mol. The lowest BCUT2D eigenvalue weighted by molar-refractivity contribution is 0.323. The summed E-state index contributed by atoms with van der Waals surface area (Å²) < 4.78 is 35.2. The molecule has 3 nitrogen and oxygen atoms in total. The zero-order valence-electron chi connectivity index (χ0n) is 14.8. The summed E-state index contributed by atoms with van der Waals surface area (Å²) in [6.45, 7) is 0.759. The van der Waals surface area contributed by atoms with Crippen LogP contribution in [0.2, 0.25) is 0 Å². The Bertz CT molecular complexity index is 929. The maximum Gasteiger partial charge on any atom is 0.161 e. The Morgan fingerprint density at radius 3 is 2.58 bits per heavy atom. The molecule has 0 unspecified atom stereocenters. The molecule has 0 amide bonds. The average molecular weight is 356 g/mol. The molecule has 1 aliphatic rings. The van der Waals surface area contributed by atoms with E-state index in [4.69, 9.17) is 4.74 Å². The van der Waals surface area contributed by atoms with Crippen LogP contribution in [0, 0.1) is 17.6 Å².